The Balaban J connectivity index is 2.07. The second-order valence-electron chi connectivity index (χ2n) is 5.04. The molecular weight excluding hydrogens is 274 g/mol. The molecule has 0 fully saturated rings. The van der Waals surface area contributed by atoms with Gasteiger partial charge in [-0.05, 0) is 27.7 Å². The predicted molar refractivity (Wildman–Crippen MR) is 80.9 cm³/mol. The summed E-state index contributed by atoms with van der Waals surface area (Å²) in [4.78, 5) is 0. The van der Waals surface area contributed by atoms with Gasteiger partial charge in [-0.1, -0.05) is 11.6 Å². The van der Waals surface area contributed by atoms with Gasteiger partial charge in [0.1, 0.15) is 0 Å². The molecule has 110 valence electrons. The topological polar surface area (TPSA) is 47.7 Å². The van der Waals surface area contributed by atoms with E-state index in [-0.39, 0.29) is 0 Å². The van der Waals surface area contributed by atoms with Crippen LogP contribution in [0.5, 0.6) is 0 Å². The number of hydrogen-bond acceptors (Lipinski definition) is 3. The molecule has 0 spiro atoms. The summed E-state index contributed by atoms with van der Waals surface area (Å²) in [7, 11) is 1.97. The Morgan fingerprint density at radius 1 is 1.10 bits per heavy atom. The molecule has 0 saturated heterocycles. The third-order valence-corrected chi connectivity index (χ3v) is 4.20. The first kappa shape index (κ1) is 15.1. The normalized spacial score (nSPS) is 11.3. The Morgan fingerprint density at radius 2 is 1.80 bits per heavy atom. The number of nitrogens with zero attached hydrogens (tertiary/aromatic N) is 4. The highest BCUT2D eigenvalue weighted by atomic mass is 35.5. The van der Waals surface area contributed by atoms with Crippen molar-refractivity contribution in [1.82, 2.24) is 24.9 Å². The Kier molecular flexibility index (Phi) is 4.50. The van der Waals surface area contributed by atoms with E-state index in [4.69, 9.17) is 11.6 Å². The summed E-state index contributed by atoms with van der Waals surface area (Å²) in [6.45, 7) is 10.5. The van der Waals surface area contributed by atoms with Crippen molar-refractivity contribution in [3.05, 3.63) is 33.4 Å². The number of aromatic nitrogens is 4. The average Bonchev–Trinajstić information content (AvgIpc) is 2.82. The van der Waals surface area contributed by atoms with Crippen LogP contribution in [-0.2, 0) is 26.7 Å². The zero-order valence-corrected chi connectivity index (χ0v) is 13.5. The number of hydrogen-bond donors (Lipinski definition) is 1. The molecule has 0 aliphatic heterocycles. The monoisotopic (exact) mass is 295 g/mol. The number of aryl methyl sites for hydroxylation is 4. The number of rotatable bonds is 5. The zero-order valence-electron chi connectivity index (χ0n) is 12.8. The van der Waals surface area contributed by atoms with Crippen LogP contribution >= 0.6 is 11.6 Å². The van der Waals surface area contributed by atoms with Crippen LogP contribution < -0.4 is 5.32 Å². The third kappa shape index (κ3) is 2.74. The van der Waals surface area contributed by atoms with Crippen molar-refractivity contribution in [3.63, 3.8) is 0 Å². The highest BCUT2D eigenvalue weighted by molar-refractivity contribution is 6.31. The van der Waals surface area contributed by atoms with E-state index >= 15 is 0 Å². The van der Waals surface area contributed by atoms with Gasteiger partial charge in [0.05, 0.1) is 22.1 Å². The van der Waals surface area contributed by atoms with Crippen LogP contribution in [0, 0.1) is 20.8 Å². The van der Waals surface area contributed by atoms with Crippen LogP contribution in [0.15, 0.2) is 0 Å². The summed E-state index contributed by atoms with van der Waals surface area (Å²) in [5, 5.41) is 13.1. The SMILES string of the molecule is CCn1nc(C)c(Cl)c1CNCc1c(C)nn(C)c1C. The molecule has 0 unspecified atom stereocenters. The molecule has 2 rings (SSSR count). The molecule has 1 N–H and O–H groups in total. The third-order valence-electron chi connectivity index (χ3n) is 3.71. The minimum atomic E-state index is 0.710. The van der Waals surface area contributed by atoms with Crippen molar-refractivity contribution in [1.29, 1.82) is 0 Å². The van der Waals surface area contributed by atoms with Crippen molar-refractivity contribution < 1.29 is 0 Å². The maximum atomic E-state index is 6.30. The Bertz CT molecular complexity index is 612. The molecule has 6 heteroatoms. The first-order valence-electron chi connectivity index (χ1n) is 6.87. The summed E-state index contributed by atoms with van der Waals surface area (Å²) in [5.41, 5.74) is 5.46. The van der Waals surface area contributed by atoms with Crippen molar-refractivity contribution >= 4 is 11.6 Å². The summed E-state index contributed by atoms with van der Waals surface area (Å²) >= 11 is 6.30. The number of halogens is 1. The van der Waals surface area contributed by atoms with Gasteiger partial charge in [0, 0.05) is 37.9 Å². The van der Waals surface area contributed by atoms with E-state index in [9.17, 15) is 0 Å². The van der Waals surface area contributed by atoms with Crippen molar-refractivity contribution in [3.8, 4) is 0 Å². The van der Waals surface area contributed by atoms with Gasteiger partial charge < -0.3 is 5.32 Å². The predicted octanol–water partition coefficient (Wildman–Crippen LogP) is 2.50. The van der Waals surface area contributed by atoms with Crippen LogP contribution in [0.25, 0.3) is 0 Å². The van der Waals surface area contributed by atoms with Gasteiger partial charge in [0.2, 0.25) is 0 Å². The van der Waals surface area contributed by atoms with E-state index in [0.717, 1.165) is 35.2 Å². The molecule has 2 aromatic rings. The molecule has 0 bridgehead atoms. The van der Waals surface area contributed by atoms with Crippen molar-refractivity contribution in [2.75, 3.05) is 0 Å². The minimum absolute atomic E-state index is 0.710. The van der Waals surface area contributed by atoms with Gasteiger partial charge >= 0.3 is 0 Å². The lowest BCUT2D eigenvalue weighted by atomic mass is 10.2. The van der Waals surface area contributed by atoms with E-state index in [1.807, 2.05) is 30.3 Å². The largest absolute Gasteiger partial charge is 0.307 e. The Labute approximate surface area is 124 Å². The summed E-state index contributed by atoms with van der Waals surface area (Å²) < 4.78 is 3.87. The Hall–Kier alpha value is -1.33. The van der Waals surface area contributed by atoms with Gasteiger partial charge in [-0.15, -0.1) is 0 Å². The maximum absolute atomic E-state index is 6.30. The van der Waals surface area contributed by atoms with E-state index < -0.39 is 0 Å². The molecule has 5 nitrogen and oxygen atoms in total. The molecule has 0 aliphatic carbocycles. The minimum Gasteiger partial charge on any atom is -0.307 e. The molecule has 0 atom stereocenters. The van der Waals surface area contributed by atoms with Crippen LogP contribution in [0.4, 0.5) is 0 Å². The van der Waals surface area contributed by atoms with Crippen molar-refractivity contribution in [2.45, 2.75) is 47.3 Å². The lowest BCUT2D eigenvalue weighted by molar-refractivity contribution is 0.578. The van der Waals surface area contributed by atoms with E-state index in [1.165, 1.54) is 11.3 Å². The zero-order chi connectivity index (χ0) is 14.9. The molecule has 0 radical (unpaired) electrons. The van der Waals surface area contributed by atoms with Crippen LogP contribution in [-0.4, -0.2) is 19.6 Å². The Morgan fingerprint density at radius 3 is 2.35 bits per heavy atom. The summed E-state index contributed by atoms with van der Waals surface area (Å²) in [5.74, 6) is 0. The standard InChI is InChI=1S/C14H22ClN5/c1-6-20-13(14(15)10(3)18-20)8-16-7-12-9(2)17-19(5)11(12)4/h16H,6-8H2,1-5H3. The fraction of sp³-hybridized carbons (Fsp3) is 0.571. The lowest BCUT2D eigenvalue weighted by Gasteiger charge is -2.08. The van der Waals surface area contributed by atoms with Gasteiger partial charge in [-0.25, -0.2) is 0 Å². The molecule has 20 heavy (non-hydrogen) atoms. The van der Waals surface area contributed by atoms with Crippen LogP contribution in [0.2, 0.25) is 5.02 Å². The quantitative estimate of drug-likeness (QED) is 0.922. The molecule has 2 aromatic heterocycles. The van der Waals surface area contributed by atoms with E-state index in [0.29, 0.717) is 6.54 Å². The van der Waals surface area contributed by atoms with Gasteiger partial charge in [0.15, 0.2) is 0 Å². The van der Waals surface area contributed by atoms with E-state index in [2.05, 4.69) is 29.4 Å². The molecule has 0 aromatic carbocycles. The fourth-order valence-corrected chi connectivity index (χ4v) is 2.62. The molecule has 0 aliphatic rings. The fourth-order valence-electron chi connectivity index (χ4n) is 2.42. The van der Waals surface area contributed by atoms with Gasteiger partial charge in [-0.3, -0.25) is 9.36 Å². The molecule has 2 heterocycles. The van der Waals surface area contributed by atoms with Gasteiger partial charge in [-0.2, -0.15) is 10.2 Å². The van der Waals surface area contributed by atoms with Crippen LogP contribution in [0.1, 0.15) is 35.3 Å². The lowest BCUT2D eigenvalue weighted by Crippen LogP contribution is -2.17. The molecule has 0 amide bonds. The van der Waals surface area contributed by atoms with E-state index in [1.54, 1.807) is 0 Å². The smallest absolute Gasteiger partial charge is 0.0860 e. The summed E-state index contributed by atoms with van der Waals surface area (Å²) in [6.07, 6.45) is 0. The van der Waals surface area contributed by atoms with Gasteiger partial charge in [0.25, 0.3) is 0 Å². The molecule has 0 saturated carbocycles. The first-order chi connectivity index (χ1) is 9.45. The second-order valence-corrected chi connectivity index (χ2v) is 5.42. The van der Waals surface area contributed by atoms with Crippen molar-refractivity contribution in [2.24, 2.45) is 7.05 Å². The average molecular weight is 296 g/mol. The van der Waals surface area contributed by atoms with Crippen LogP contribution in [0.3, 0.4) is 0 Å². The maximum Gasteiger partial charge on any atom is 0.0860 e. The number of nitrogens with one attached hydrogen (secondary N) is 1. The summed E-state index contributed by atoms with van der Waals surface area (Å²) in [6, 6.07) is 0. The first-order valence-corrected chi connectivity index (χ1v) is 7.25. The molecular formula is C14H22ClN5. The highest BCUT2D eigenvalue weighted by Gasteiger charge is 2.13. The highest BCUT2D eigenvalue weighted by Crippen LogP contribution is 2.20. The second kappa shape index (κ2) is 5.97.